The molecule has 2 rings (SSSR count). The number of benzene rings is 1. The van der Waals surface area contributed by atoms with E-state index in [4.69, 9.17) is 5.26 Å². The van der Waals surface area contributed by atoms with Crippen molar-refractivity contribution in [1.29, 1.82) is 5.26 Å². The monoisotopic (exact) mass is 281 g/mol. The first-order valence-electron chi connectivity index (χ1n) is 7.03. The standard InChI is InChI=1S/C16H19N5/c1-3-7-18-15-12(2)16(21-11-20-15)19-10-14-6-4-5-13(8-14)9-17/h4-6,8,11H,3,7,10H2,1-2H3,(H2,18,19,20,21). The third-order valence-electron chi connectivity index (χ3n) is 3.14. The zero-order chi connectivity index (χ0) is 15.1. The van der Waals surface area contributed by atoms with Gasteiger partial charge >= 0.3 is 0 Å². The number of nitriles is 1. The van der Waals surface area contributed by atoms with Crippen LogP contribution in [0.4, 0.5) is 11.6 Å². The minimum absolute atomic E-state index is 0.626. The molecule has 1 heterocycles. The van der Waals surface area contributed by atoms with E-state index >= 15 is 0 Å². The molecule has 1 aromatic heterocycles. The molecule has 0 radical (unpaired) electrons. The summed E-state index contributed by atoms with van der Waals surface area (Å²) in [7, 11) is 0. The smallest absolute Gasteiger partial charge is 0.134 e. The molecule has 5 nitrogen and oxygen atoms in total. The predicted molar refractivity (Wildman–Crippen MR) is 84.0 cm³/mol. The van der Waals surface area contributed by atoms with Crippen molar-refractivity contribution in [3.05, 3.63) is 47.3 Å². The molecule has 0 atom stereocenters. The van der Waals surface area contributed by atoms with Crippen molar-refractivity contribution in [3.8, 4) is 6.07 Å². The fourth-order valence-electron chi connectivity index (χ4n) is 1.99. The van der Waals surface area contributed by atoms with Crippen molar-refractivity contribution in [3.63, 3.8) is 0 Å². The Kier molecular flexibility index (Phi) is 5.10. The highest BCUT2D eigenvalue weighted by Gasteiger charge is 2.06. The summed E-state index contributed by atoms with van der Waals surface area (Å²) in [6, 6.07) is 9.69. The highest BCUT2D eigenvalue weighted by atomic mass is 15.1. The number of nitrogens with one attached hydrogen (secondary N) is 2. The van der Waals surface area contributed by atoms with Crippen LogP contribution in [0.25, 0.3) is 0 Å². The van der Waals surface area contributed by atoms with Crippen molar-refractivity contribution < 1.29 is 0 Å². The molecular weight excluding hydrogens is 262 g/mol. The minimum Gasteiger partial charge on any atom is -0.370 e. The van der Waals surface area contributed by atoms with E-state index < -0.39 is 0 Å². The van der Waals surface area contributed by atoms with Gasteiger partial charge in [-0.05, 0) is 31.0 Å². The van der Waals surface area contributed by atoms with Crippen LogP contribution in [0, 0.1) is 18.3 Å². The topological polar surface area (TPSA) is 73.6 Å². The van der Waals surface area contributed by atoms with Crippen molar-refractivity contribution in [2.45, 2.75) is 26.8 Å². The van der Waals surface area contributed by atoms with Gasteiger partial charge in [0.15, 0.2) is 0 Å². The van der Waals surface area contributed by atoms with Gasteiger partial charge in [0.25, 0.3) is 0 Å². The summed E-state index contributed by atoms with van der Waals surface area (Å²) in [5, 5.41) is 15.5. The molecule has 2 aromatic rings. The van der Waals surface area contributed by atoms with Gasteiger partial charge in [0.2, 0.25) is 0 Å². The lowest BCUT2D eigenvalue weighted by molar-refractivity contribution is 0.957. The van der Waals surface area contributed by atoms with Crippen molar-refractivity contribution in [1.82, 2.24) is 9.97 Å². The van der Waals surface area contributed by atoms with Crippen LogP contribution in [0.1, 0.15) is 30.0 Å². The second-order valence-electron chi connectivity index (χ2n) is 4.79. The quantitative estimate of drug-likeness (QED) is 0.851. The summed E-state index contributed by atoms with van der Waals surface area (Å²) < 4.78 is 0. The molecule has 0 saturated carbocycles. The van der Waals surface area contributed by atoms with E-state index in [0.717, 1.165) is 35.7 Å². The molecule has 0 bridgehead atoms. The van der Waals surface area contributed by atoms with E-state index in [-0.39, 0.29) is 0 Å². The fraction of sp³-hybridized carbons (Fsp3) is 0.312. The van der Waals surface area contributed by atoms with Crippen LogP contribution in [-0.2, 0) is 6.54 Å². The first-order valence-corrected chi connectivity index (χ1v) is 7.03. The maximum Gasteiger partial charge on any atom is 0.134 e. The zero-order valence-corrected chi connectivity index (χ0v) is 12.3. The van der Waals surface area contributed by atoms with Gasteiger partial charge < -0.3 is 10.6 Å². The molecule has 0 aliphatic rings. The maximum atomic E-state index is 8.91. The number of rotatable bonds is 6. The average molecular weight is 281 g/mol. The van der Waals surface area contributed by atoms with E-state index in [1.807, 2.05) is 25.1 Å². The molecule has 0 fully saturated rings. The average Bonchev–Trinajstić information content (AvgIpc) is 2.53. The van der Waals surface area contributed by atoms with Crippen LogP contribution >= 0.6 is 0 Å². The van der Waals surface area contributed by atoms with E-state index in [2.05, 4.69) is 33.6 Å². The predicted octanol–water partition coefficient (Wildman–Crippen LogP) is 3.09. The molecule has 0 saturated heterocycles. The first kappa shape index (κ1) is 14.8. The summed E-state index contributed by atoms with van der Waals surface area (Å²) in [6.45, 7) is 5.62. The van der Waals surface area contributed by atoms with E-state index in [1.165, 1.54) is 0 Å². The number of nitrogens with zero attached hydrogens (tertiary/aromatic N) is 3. The Morgan fingerprint density at radius 2 is 1.95 bits per heavy atom. The molecule has 1 aromatic carbocycles. The molecule has 108 valence electrons. The van der Waals surface area contributed by atoms with Crippen LogP contribution in [0.2, 0.25) is 0 Å². The Balaban J connectivity index is 2.07. The van der Waals surface area contributed by atoms with Crippen molar-refractivity contribution in [2.75, 3.05) is 17.2 Å². The molecular formula is C16H19N5. The summed E-state index contributed by atoms with van der Waals surface area (Å²) in [4.78, 5) is 8.53. The largest absolute Gasteiger partial charge is 0.370 e. The molecule has 5 heteroatoms. The third kappa shape index (κ3) is 3.93. The van der Waals surface area contributed by atoms with Gasteiger partial charge in [0, 0.05) is 18.7 Å². The Hall–Kier alpha value is -2.61. The first-order chi connectivity index (χ1) is 10.2. The fourth-order valence-corrected chi connectivity index (χ4v) is 1.99. The molecule has 0 amide bonds. The van der Waals surface area contributed by atoms with Crippen LogP contribution in [-0.4, -0.2) is 16.5 Å². The van der Waals surface area contributed by atoms with Gasteiger partial charge in [0.1, 0.15) is 18.0 Å². The van der Waals surface area contributed by atoms with Crippen LogP contribution in [0.15, 0.2) is 30.6 Å². The van der Waals surface area contributed by atoms with Gasteiger partial charge in [0.05, 0.1) is 11.6 Å². The van der Waals surface area contributed by atoms with Gasteiger partial charge in [-0.25, -0.2) is 9.97 Å². The molecule has 0 unspecified atom stereocenters. The summed E-state index contributed by atoms with van der Waals surface area (Å²) in [6.07, 6.45) is 2.60. The van der Waals surface area contributed by atoms with Crippen LogP contribution in [0.5, 0.6) is 0 Å². The normalized spacial score (nSPS) is 9.95. The Labute approximate surface area is 125 Å². The number of anilines is 2. The lowest BCUT2D eigenvalue weighted by atomic mass is 10.1. The van der Waals surface area contributed by atoms with Crippen molar-refractivity contribution in [2.24, 2.45) is 0 Å². The Bertz CT molecular complexity index is 645. The van der Waals surface area contributed by atoms with E-state index in [0.29, 0.717) is 12.1 Å². The highest BCUT2D eigenvalue weighted by Crippen LogP contribution is 2.19. The van der Waals surface area contributed by atoms with Crippen LogP contribution < -0.4 is 10.6 Å². The van der Waals surface area contributed by atoms with Gasteiger partial charge in [-0.1, -0.05) is 19.1 Å². The third-order valence-corrected chi connectivity index (χ3v) is 3.14. The highest BCUT2D eigenvalue weighted by molar-refractivity contribution is 5.56. The molecule has 2 N–H and O–H groups in total. The maximum absolute atomic E-state index is 8.91. The minimum atomic E-state index is 0.626. The number of hydrogen-bond acceptors (Lipinski definition) is 5. The van der Waals surface area contributed by atoms with E-state index in [1.54, 1.807) is 12.4 Å². The number of aromatic nitrogens is 2. The second-order valence-corrected chi connectivity index (χ2v) is 4.79. The summed E-state index contributed by atoms with van der Waals surface area (Å²) in [5.74, 6) is 1.67. The molecule has 21 heavy (non-hydrogen) atoms. The summed E-state index contributed by atoms with van der Waals surface area (Å²) in [5.41, 5.74) is 2.72. The van der Waals surface area contributed by atoms with Crippen molar-refractivity contribution >= 4 is 11.6 Å². The zero-order valence-electron chi connectivity index (χ0n) is 12.3. The second kappa shape index (κ2) is 7.25. The Morgan fingerprint density at radius 3 is 2.67 bits per heavy atom. The lowest BCUT2D eigenvalue weighted by Gasteiger charge is -2.12. The SMILES string of the molecule is CCCNc1ncnc(NCc2cccc(C#N)c2)c1C. The molecule has 0 aliphatic carbocycles. The molecule has 0 spiro atoms. The van der Waals surface area contributed by atoms with Gasteiger partial charge in [-0.15, -0.1) is 0 Å². The van der Waals surface area contributed by atoms with Gasteiger partial charge in [-0.3, -0.25) is 0 Å². The number of hydrogen-bond donors (Lipinski definition) is 2. The lowest BCUT2D eigenvalue weighted by Crippen LogP contribution is -2.09. The van der Waals surface area contributed by atoms with Crippen LogP contribution in [0.3, 0.4) is 0 Å². The van der Waals surface area contributed by atoms with E-state index in [9.17, 15) is 0 Å². The summed E-state index contributed by atoms with van der Waals surface area (Å²) >= 11 is 0. The van der Waals surface area contributed by atoms with Gasteiger partial charge in [-0.2, -0.15) is 5.26 Å². The molecule has 0 aliphatic heterocycles. The Morgan fingerprint density at radius 1 is 1.19 bits per heavy atom.